The van der Waals surface area contributed by atoms with E-state index < -0.39 is 22.8 Å². The molecule has 1 fully saturated rings. The maximum absolute atomic E-state index is 12.5. The van der Waals surface area contributed by atoms with E-state index in [1.807, 2.05) is 0 Å². The smallest absolute Gasteiger partial charge is 0.326 e. The summed E-state index contributed by atoms with van der Waals surface area (Å²) in [4.78, 5) is 35.4. The lowest BCUT2D eigenvalue weighted by Crippen LogP contribution is -2.40. The first-order chi connectivity index (χ1) is 9.82. The molecule has 1 aliphatic heterocycles. The van der Waals surface area contributed by atoms with Gasteiger partial charge in [-0.15, -0.1) is 0 Å². The van der Waals surface area contributed by atoms with Crippen molar-refractivity contribution in [2.24, 2.45) is 0 Å². The highest BCUT2D eigenvalue weighted by molar-refractivity contribution is 5.98. The Kier molecular flexibility index (Phi) is 3.93. The van der Waals surface area contributed by atoms with Crippen molar-refractivity contribution in [3.05, 3.63) is 38.9 Å². The number of carbonyl (C=O) groups excluding carboxylic acids is 1. The third kappa shape index (κ3) is 2.72. The van der Waals surface area contributed by atoms with E-state index in [1.54, 1.807) is 19.9 Å². The number of hydrogen-bond acceptors (Lipinski definition) is 4. The number of hydrogen-bond donors (Lipinski definition) is 1. The van der Waals surface area contributed by atoms with Gasteiger partial charge in [0.2, 0.25) is 0 Å². The van der Waals surface area contributed by atoms with Gasteiger partial charge in [0.1, 0.15) is 6.04 Å². The van der Waals surface area contributed by atoms with Gasteiger partial charge in [-0.3, -0.25) is 14.9 Å². The molecule has 0 saturated carbocycles. The van der Waals surface area contributed by atoms with Crippen molar-refractivity contribution in [3.8, 4) is 0 Å². The van der Waals surface area contributed by atoms with E-state index in [9.17, 15) is 19.7 Å². The summed E-state index contributed by atoms with van der Waals surface area (Å²) >= 11 is 0. The maximum Gasteiger partial charge on any atom is 0.326 e. The predicted molar refractivity (Wildman–Crippen MR) is 74.3 cm³/mol. The van der Waals surface area contributed by atoms with Crippen LogP contribution in [0.5, 0.6) is 0 Å². The van der Waals surface area contributed by atoms with E-state index >= 15 is 0 Å². The van der Waals surface area contributed by atoms with Crippen molar-refractivity contribution in [3.63, 3.8) is 0 Å². The average molecular weight is 292 g/mol. The van der Waals surface area contributed by atoms with Crippen LogP contribution in [0.1, 0.15) is 34.3 Å². The lowest BCUT2D eigenvalue weighted by Gasteiger charge is -2.22. The number of carboxylic acids is 1. The molecule has 7 heteroatoms. The first kappa shape index (κ1) is 15.0. The Balaban J connectivity index is 2.41. The largest absolute Gasteiger partial charge is 0.480 e. The van der Waals surface area contributed by atoms with Gasteiger partial charge in [0.25, 0.3) is 11.6 Å². The first-order valence-corrected chi connectivity index (χ1v) is 6.62. The summed E-state index contributed by atoms with van der Waals surface area (Å²) in [7, 11) is 0. The minimum absolute atomic E-state index is 0.130. The zero-order chi connectivity index (χ0) is 15.7. The molecule has 112 valence electrons. The Morgan fingerprint density at radius 2 is 2.00 bits per heavy atom. The number of benzene rings is 1. The quantitative estimate of drug-likeness (QED) is 0.677. The lowest BCUT2D eigenvalue weighted by atomic mass is 10.0. The zero-order valence-electron chi connectivity index (χ0n) is 11.8. The molecule has 0 unspecified atom stereocenters. The van der Waals surface area contributed by atoms with Crippen LogP contribution in [0.3, 0.4) is 0 Å². The molecule has 1 amide bonds. The van der Waals surface area contributed by atoms with Gasteiger partial charge in [0, 0.05) is 23.7 Å². The second kappa shape index (κ2) is 5.51. The summed E-state index contributed by atoms with van der Waals surface area (Å²) in [5.41, 5.74) is 1.15. The maximum atomic E-state index is 12.5. The fraction of sp³-hybridized carbons (Fsp3) is 0.429. The highest BCUT2D eigenvalue weighted by atomic mass is 16.6. The monoisotopic (exact) mass is 292 g/mol. The number of carboxylic acid groups (broad SMARTS) is 1. The summed E-state index contributed by atoms with van der Waals surface area (Å²) in [6.07, 6.45) is 1.03. The number of nitro benzene ring substituents is 1. The van der Waals surface area contributed by atoms with Crippen LogP contribution in [-0.4, -0.2) is 39.4 Å². The van der Waals surface area contributed by atoms with Gasteiger partial charge >= 0.3 is 5.97 Å². The summed E-state index contributed by atoms with van der Waals surface area (Å²) in [5, 5.41) is 20.1. The van der Waals surface area contributed by atoms with Gasteiger partial charge in [-0.2, -0.15) is 0 Å². The third-order valence-corrected chi connectivity index (χ3v) is 3.77. The fourth-order valence-corrected chi connectivity index (χ4v) is 2.69. The molecule has 1 heterocycles. The average Bonchev–Trinajstić information content (AvgIpc) is 2.86. The van der Waals surface area contributed by atoms with Crippen molar-refractivity contribution >= 4 is 17.6 Å². The van der Waals surface area contributed by atoms with Crippen LogP contribution in [0, 0.1) is 24.0 Å². The highest BCUT2D eigenvalue weighted by Gasteiger charge is 2.35. The number of aryl methyl sites for hydroxylation is 2. The van der Waals surface area contributed by atoms with Crippen LogP contribution in [0.4, 0.5) is 5.69 Å². The number of aliphatic carboxylic acids is 1. The molecule has 1 N–H and O–H groups in total. The summed E-state index contributed by atoms with van der Waals surface area (Å²) in [6.45, 7) is 3.65. The lowest BCUT2D eigenvalue weighted by molar-refractivity contribution is -0.385. The Hall–Kier alpha value is -2.44. The van der Waals surface area contributed by atoms with Crippen LogP contribution in [0.25, 0.3) is 0 Å². The number of nitrogens with zero attached hydrogens (tertiary/aromatic N) is 2. The van der Waals surface area contributed by atoms with E-state index in [-0.39, 0.29) is 11.3 Å². The van der Waals surface area contributed by atoms with Crippen molar-refractivity contribution in [2.75, 3.05) is 6.54 Å². The number of likely N-dealkylation sites (tertiary alicyclic amines) is 1. The van der Waals surface area contributed by atoms with E-state index in [2.05, 4.69) is 0 Å². The highest BCUT2D eigenvalue weighted by Crippen LogP contribution is 2.26. The third-order valence-electron chi connectivity index (χ3n) is 3.77. The van der Waals surface area contributed by atoms with Crippen molar-refractivity contribution < 1.29 is 19.6 Å². The van der Waals surface area contributed by atoms with Crippen LogP contribution < -0.4 is 0 Å². The second-order valence-corrected chi connectivity index (χ2v) is 5.21. The van der Waals surface area contributed by atoms with Gasteiger partial charge in [-0.1, -0.05) is 0 Å². The van der Waals surface area contributed by atoms with Crippen LogP contribution in [0.15, 0.2) is 12.1 Å². The number of carbonyl (C=O) groups is 2. The van der Waals surface area contributed by atoms with Crippen molar-refractivity contribution in [1.29, 1.82) is 0 Å². The van der Waals surface area contributed by atoms with E-state index in [0.29, 0.717) is 30.5 Å². The molecule has 1 saturated heterocycles. The van der Waals surface area contributed by atoms with Crippen molar-refractivity contribution in [1.82, 2.24) is 4.90 Å². The molecule has 0 bridgehead atoms. The van der Waals surface area contributed by atoms with E-state index in [0.717, 1.165) is 0 Å². The molecule has 0 aliphatic carbocycles. The molecule has 7 nitrogen and oxygen atoms in total. The van der Waals surface area contributed by atoms with Gasteiger partial charge in [0.05, 0.1) is 4.92 Å². The molecule has 0 spiro atoms. The topological polar surface area (TPSA) is 101 Å². The molecule has 2 rings (SSSR count). The molecular formula is C14H16N2O5. The molecule has 1 atom stereocenters. The van der Waals surface area contributed by atoms with Crippen molar-refractivity contribution in [2.45, 2.75) is 32.7 Å². The van der Waals surface area contributed by atoms with Gasteiger partial charge in [0.15, 0.2) is 0 Å². The van der Waals surface area contributed by atoms with Gasteiger partial charge in [-0.25, -0.2) is 4.79 Å². The molecule has 21 heavy (non-hydrogen) atoms. The summed E-state index contributed by atoms with van der Waals surface area (Å²) < 4.78 is 0. The molecule has 0 aromatic heterocycles. The van der Waals surface area contributed by atoms with Crippen LogP contribution >= 0.6 is 0 Å². The summed E-state index contributed by atoms with van der Waals surface area (Å²) in [6, 6.07) is 1.97. The standard InChI is InChI=1S/C14H16N2O5/c1-8-6-9(2)12(16(20)21)7-10(8)13(17)15-5-3-4-11(15)14(18)19/h6-7,11H,3-5H2,1-2H3,(H,18,19)/t11-/m1/s1. The Labute approximate surface area is 121 Å². The Morgan fingerprint density at radius 3 is 2.57 bits per heavy atom. The second-order valence-electron chi connectivity index (χ2n) is 5.21. The van der Waals surface area contributed by atoms with Crippen LogP contribution in [-0.2, 0) is 4.79 Å². The number of amides is 1. The summed E-state index contributed by atoms with van der Waals surface area (Å²) in [5.74, 6) is -1.50. The molecular weight excluding hydrogens is 276 g/mol. The van der Waals surface area contributed by atoms with Crippen LogP contribution in [0.2, 0.25) is 0 Å². The SMILES string of the molecule is Cc1cc(C)c([N+](=O)[O-])cc1C(=O)N1CCC[C@@H]1C(=O)O. The van der Waals surface area contributed by atoms with E-state index in [1.165, 1.54) is 11.0 Å². The molecule has 1 aromatic rings. The number of rotatable bonds is 3. The van der Waals surface area contributed by atoms with Gasteiger partial charge in [-0.05, 0) is 38.3 Å². The first-order valence-electron chi connectivity index (χ1n) is 6.62. The van der Waals surface area contributed by atoms with Gasteiger partial charge < -0.3 is 10.0 Å². The molecule has 1 aromatic carbocycles. The Bertz CT molecular complexity index is 626. The number of nitro groups is 1. The normalized spacial score (nSPS) is 17.8. The van der Waals surface area contributed by atoms with E-state index in [4.69, 9.17) is 5.11 Å². The minimum atomic E-state index is -1.04. The molecule has 0 radical (unpaired) electrons. The zero-order valence-corrected chi connectivity index (χ0v) is 11.8. The predicted octanol–water partition coefficient (Wildman–Crippen LogP) is 1.90. The Morgan fingerprint density at radius 1 is 1.33 bits per heavy atom. The molecule has 1 aliphatic rings. The fourth-order valence-electron chi connectivity index (χ4n) is 2.69. The minimum Gasteiger partial charge on any atom is -0.480 e.